The fraction of sp³-hybridized carbons (Fsp3) is 0.444. The molecule has 1 aromatic rings. The summed E-state index contributed by atoms with van der Waals surface area (Å²) in [5, 5.41) is 9.28. The molecule has 1 unspecified atom stereocenters. The lowest BCUT2D eigenvalue weighted by atomic mass is 10.2. The number of sulfonamides is 1. The van der Waals surface area contributed by atoms with Gasteiger partial charge in [0.15, 0.2) is 0 Å². The molecule has 19 heavy (non-hydrogen) atoms. The van der Waals surface area contributed by atoms with E-state index in [1.807, 2.05) is 6.26 Å². The molecule has 0 saturated heterocycles. The maximum absolute atomic E-state index is 12.0. The van der Waals surface area contributed by atoms with Gasteiger partial charge in [-0.1, -0.05) is 11.6 Å². The lowest BCUT2D eigenvalue weighted by molar-refractivity contribution is -0.139. The van der Waals surface area contributed by atoms with Crippen LogP contribution in [0.5, 0.6) is 0 Å². The standard InChI is InChI=1S/C9H11BrClNO4S3/c1-17-3-2-6(9(13)14)12-19(15,16)7-4-5(11)8(10)18-7/h4,6,12H,2-3H2,1H3,(H,13,14). The van der Waals surface area contributed by atoms with Gasteiger partial charge in [-0.3, -0.25) is 4.79 Å². The summed E-state index contributed by atoms with van der Waals surface area (Å²) in [5.74, 6) is -0.645. The molecule has 0 aliphatic rings. The summed E-state index contributed by atoms with van der Waals surface area (Å²) in [4.78, 5) is 11.0. The second-order valence-electron chi connectivity index (χ2n) is 3.48. The summed E-state index contributed by atoms with van der Waals surface area (Å²) in [6, 6.07) is 0.142. The summed E-state index contributed by atoms with van der Waals surface area (Å²) in [7, 11) is -3.87. The van der Waals surface area contributed by atoms with E-state index >= 15 is 0 Å². The molecule has 1 atom stereocenters. The first-order chi connectivity index (χ1) is 8.77. The molecule has 1 rings (SSSR count). The van der Waals surface area contributed by atoms with Gasteiger partial charge in [-0.05, 0) is 40.4 Å². The summed E-state index contributed by atoms with van der Waals surface area (Å²) < 4.78 is 26.7. The van der Waals surface area contributed by atoms with Crippen LogP contribution >= 0.6 is 50.6 Å². The van der Waals surface area contributed by atoms with Crippen LogP contribution in [-0.4, -0.2) is 37.5 Å². The zero-order valence-corrected chi connectivity index (χ0v) is 14.5. The Kier molecular flexibility index (Phi) is 6.61. The van der Waals surface area contributed by atoms with Crippen LogP contribution in [0.2, 0.25) is 5.02 Å². The Bertz CT molecular complexity index is 540. The van der Waals surface area contributed by atoms with Crippen LogP contribution in [0.4, 0.5) is 0 Å². The van der Waals surface area contributed by atoms with Crippen molar-refractivity contribution in [3.8, 4) is 0 Å². The highest BCUT2D eigenvalue weighted by atomic mass is 79.9. The second-order valence-corrected chi connectivity index (χ2v) is 9.18. The zero-order chi connectivity index (χ0) is 14.6. The average Bonchev–Trinajstić information content (AvgIpc) is 2.65. The molecular formula is C9H11BrClNO4S3. The Balaban J connectivity index is 2.90. The average molecular weight is 409 g/mol. The van der Waals surface area contributed by atoms with Crippen molar-refractivity contribution >= 4 is 66.6 Å². The Morgan fingerprint density at radius 2 is 2.32 bits per heavy atom. The predicted octanol–water partition coefficient (Wildman–Crippen LogP) is 2.65. The van der Waals surface area contributed by atoms with Gasteiger partial charge in [0.05, 0.1) is 8.81 Å². The molecule has 0 spiro atoms. The number of nitrogens with one attached hydrogen (secondary N) is 1. The fourth-order valence-electron chi connectivity index (χ4n) is 1.17. The summed E-state index contributed by atoms with van der Waals surface area (Å²) >= 11 is 11.3. The predicted molar refractivity (Wildman–Crippen MR) is 81.8 cm³/mol. The molecular weight excluding hydrogens is 398 g/mol. The third kappa shape index (κ3) is 4.91. The third-order valence-corrected chi connectivity index (χ3v) is 7.16. The third-order valence-electron chi connectivity index (χ3n) is 2.09. The molecule has 108 valence electrons. The van der Waals surface area contributed by atoms with E-state index in [9.17, 15) is 13.2 Å². The molecule has 0 aromatic carbocycles. The van der Waals surface area contributed by atoms with Crippen molar-refractivity contribution in [1.82, 2.24) is 4.72 Å². The first-order valence-corrected chi connectivity index (χ1v) is 9.83. The number of halogens is 2. The lowest BCUT2D eigenvalue weighted by Crippen LogP contribution is -2.40. The fourth-order valence-corrected chi connectivity index (χ4v) is 5.28. The van der Waals surface area contributed by atoms with Gasteiger partial charge in [0.2, 0.25) is 0 Å². The van der Waals surface area contributed by atoms with Gasteiger partial charge in [0.1, 0.15) is 10.3 Å². The molecule has 1 aromatic heterocycles. The number of thioether (sulfide) groups is 1. The first kappa shape index (κ1) is 17.3. The van der Waals surface area contributed by atoms with Crippen molar-refractivity contribution in [2.75, 3.05) is 12.0 Å². The number of hydrogen-bond acceptors (Lipinski definition) is 5. The highest BCUT2D eigenvalue weighted by Crippen LogP contribution is 2.34. The highest BCUT2D eigenvalue weighted by Gasteiger charge is 2.26. The SMILES string of the molecule is CSCCC(NS(=O)(=O)c1cc(Cl)c(Br)s1)C(=O)O. The molecule has 0 amide bonds. The van der Waals surface area contributed by atoms with E-state index in [-0.39, 0.29) is 15.7 Å². The van der Waals surface area contributed by atoms with Gasteiger partial charge in [0.25, 0.3) is 10.0 Å². The maximum Gasteiger partial charge on any atom is 0.321 e. The van der Waals surface area contributed by atoms with Crippen molar-refractivity contribution < 1.29 is 18.3 Å². The topological polar surface area (TPSA) is 83.5 Å². The van der Waals surface area contributed by atoms with E-state index in [2.05, 4.69) is 20.7 Å². The minimum absolute atomic E-state index is 0.0141. The summed E-state index contributed by atoms with van der Waals surface area (Å²) in [5.41, 5.74) is 0. The molecule has 2 N–H and O–H groups in total. The molecule has 10 heteroatoms. The monoisotopic (exact) mass is 407 g/mol. The molecule has 1 heterocycles. The number of carboxylic acids is 1. The Hall–Kier alpha value is 0.200. The van der Waals surface area contributed by atoms with Crippen LogP contribution < -0.4 is 4.72 Å². The quantitative estimate of drug-likeness (QED) is 0.724. The maximum atomic E-state index is 12.0. The highest BCUT2D eigenvalue weighted by molar-refractivity contribution is 9.11. The molecule has 0 fully saturated rings. The summed E-state index contributed by atoms with van der Waals surface area (Å²) in [6.07, 6.45) is 2.04. The van der Waals surface area contributed by atoms with Crippen molar-refractivity contribution in [2.45, 2.75) is 16.7 Å². The number of thiophene rings is 1. The number of aliphatic carboxylic acids is 1. The Morgan fingerprint density at radius 1 is 1.68 bits per heavy atom. The Morgan fingerprint density at radius 3 is 2.74 bits per heavy atom. The van der Waals surface area contributed by atoms with Crippen LogP contribution in [-0.2, 0) is 14.8 Å². The van der Waals surface area contributed by atoms with Crippen LogP contribution in [0, 0.1) is 0 Å². The Labute approximate surface area is 132 Å². The van der Waals surface area contributed by atoms with Gasteiger partial charge in [-0.2, -0.15) is 16.5 Å². The molecule has 0 saturated carbocycles. The van der Waals surface area contributed by atoms with Crippen LogP contribution in [0.15, 0.2) is 14.1 Å². The minimum Gasteiger partial charge on any atom is -0.480 e. The van der Waals surface area contributed by atoms with E-state index in [1.165, 1.54) is 17.8 Å². The van der Waals surface area contributed by atoms with E-state index in [0.29, 0.717) is 9.54 Å². The van der Waals surface area contributed by atoms with Crippen molar-refractivity contribution in [2.24, 2.45) is 0 Å². The van der Waals surface area contributed by atoms with Crippen LogP contribution in [0.3, 0.4) is 0 Å². The normalized spacial score (nSPS) is 13.4. The van der Waals surface area contributed by atoms with Gasteiger partial charge in [-0.25, -0.2) is 8.42 Å². The number of hydrogen-bond donors (Lipinski definition) is 2. The molecule has 5 nitrogen and oxygen atoms in total. The van der Waals surface area contributed by atoms with E-state index in [1.54, 1.807) is 0 Å². The number of carbonyl (C=O) groups is 1. The van der Waals surface area contributed by atoms with E-state index in [4.69, 9.17) is 16.7 Å². The van der Waals surface area contributed by atoms with Gasteiger partial charge in [-0.15, -0.1) is 11.3 Å². The van der Waals surface area contributed by atoms with Crippen LogP contribution in [0.25, 0.3) is 0 Å². The van der Waals surface area contributed by atoms with E-state index in [0.717, 1.165) is 11.3 Å². The van der Waals surface area contributed by atoms with Crippen LogP contribution in [0.1, 0.15) is 6.42 Å². The van der Waals surface area contributed by atoms with Crippen molar-refractivity contribution in [3.63, 3.8) is 0 Å². The number of rotatable bonds is 7. The second kappa shape index (κ2) is 7.28. The van der Waals surface area contributed by atoms with Gasteiger partial charge < -0.3 is 5.11 Å². The molecule has 0 bridgehead atoms. The summed E-state index contributed by atoms with van der Waals surface area (Å²) in [6.45, 7) is 0. The molecule has 0 radical (unpaired) electrons. The number of carboxylic acid groups (broad SMARTS) is 1. The van der Waals surface area contributed by atoms with Crippen molar-refractivity contribution in [1.29, 1.82) is 0 Å². The minimum atomic E-state index is -3.87. The van der Waals surface area contributed by atoms with Crippen molar-refractivity contribution in [3.05, 3.63) is 14.9 Å². The largest absolute Gasteiger partial charge is 0.480 e. The zero-order valence-electron chi connectivity index (χ0n) is 9.72. The van der Waals surface area contributed by atoms with Gasteiger partial charge in [0, 0.05) is 0 Å². The smallest absolute Gasteiger partial charge is 0.321 e. The van der Waals surface area contributed by atoms with E-state index < -0.39 is 22.0 Å². The first-order valence-electron chi connectivity index (χ1n) is 4.97. The lowest BCUT2D eigenvalue weighted by Gasteiger charge is -2.13. The van der Waals surface area contributed by atoms with Gasteiger partial charge >= 0.3 is 5.97 Å². The molecule has 0 aliphatic heterocycles. The molecule has 0 aliphatic carbocycles.